The van der Waals surface area contributed by atoms with Crippen LogP contribution in [0.15, 0.2) is 71.3 Å². The third-order valence-corrected chi connectivity index (χ3v) is 4.64. The fourth-order valence-corrected chi connectivity index (χ4v) is 3.00. The molecule has 2 amide bonds. The van der Waals surface area contributed by atoms with Crippen LogP contribution in [0.2, 0.25) is 0 Å². The minimum atomic E-state index is -1.11. The van der Waals surface area contributed by atoms with E-state index in [4.69, 9.17) is 13.9 Å². The SMILES string of the molecule is COc1ccc(NC(=O)COC(=O)[C@H](Cc2ccccc2)NC(=O)c2ccco2)c([N+](=O)[O-])c1. The van der Waals surface area contributed by atoms with E-state index in [-0.39, 0.29) is 29.3 Å². The van der Waals surface area contributed by atoms with Gasteiger partial charge in [-0.1, -0.05) is 30.3 Å². The van der Waals surface area contributed by atoms with E-state index in [1.54, 1.807) is 30.3 Å². The second-order valence-electron chi connectivity index (χ2n) is 6.99. The molecule has 0 aliphatic carbocycles. The molecule has 11 heteroatoms. The van der Waals surface area contributed by atoms with E-state index in [1.165, 1.54) is 37.6 Å². The molecular formula is C23H21N3O8. The number of hydrogen-bond acceptors (Lipinski definition) is 8. The highest BCUT2D eigenvalue weighted by Crippen LogP contribution is 2.28. The maximum atomic E-state index is 12.7. The lowest BCUT2D eigenvalue weighted by Crippen LogP contribution is -2.44. The number of nitrogens with one attached hydrogen (secondary N) is 2. The molecule has 0 aliphatic heterocycles. The molecular weight excluding hydrogens is 446 g/mol. The molecule has 11 nitrogen and oxygen atoms in total. The summed E-state index contributed by atoms with van der Waals surface area (Å²) in [5.74, 6) is -2.02. The number of carbonyl (C=O) groups excluding carboxylic acids is 3. The maximum Gasteiger partial charge on any atom is 0.329 e. The van der Waals surface area contributed by atoms with Crippen molar-refractivity contribution in [2.24, 2.45) is 0 Å². The normalized spacial score (nSPS) is 11.2. The molecule has 3 rings (SSSR count). The predicted octanol–water partition coefficient (Wildman–Crippen LogP) is 2.72. The lowest BCUT2D eigenvalue weighted by Gasteiger charge is -2.17. The summed E-state index contributed by atoms with van der Waals surface area (Å²) in [6.45, 7) is -0.718. The van der Waals surface area contributed by atoms with Gasteiger partial charge in [0.2, 0.25) is 0 Å². The quantitative estimate of drug-likeness (QED) is 0.262. The highest BCUT2D eigenvalue weighted by molar-refractivity contribution is 5.97. The number of nitrogens with zero attached hydrogens (tertiary/aromatic N) is 1. The first-order valence-electron chi connectivity index (χ1n) is 10.0. The first-order valence-corrected chi connectivity index (χ1v) is 10.0. The Balaban J connectivity index is 1.65. The number of methoxy groups -OCH3 is 1. The second kappa shape index (κ2) is 11.3. The molecule has 34 heavy (non-hydrogen) atoms. The Labute approximate surface area is 193 Å². The van der Waals surface area contributed by atoms with Crippen LogP contribution < -0.4 is 15.4 Å². The Bertz CT molecular complexity index is 1160. The van der Waals surface area contributed by atoms with Crippen LogP contribution in [0.1, 0.15) is 16.1 Å². The van der Waals surface area contributed by atoms with E-state index in [0.717, 1.165) is 11.6 Å². The molecule has 1 heterocycles. The zero-order chi connectivity index (χ0) is 24.5. The minimum Gasteiger partial charge on any atom is -0.496 e. The smallest absolute Gasteiger partial charge is 0.329 e. The van der Waals surface area contributed by atoms with Gasteiger partial charge in [-0.25, -0.2) is 4.79 Å². The highest BCUT2D eigenvalue weighted by atomic mass is 16.6. The van der Waals surface area contributed by atoms with Gasteiger partial charge < -0.3 is 24.5 Å². The summed E-state index contributed by atoms with van der Waals surface area (Å²) in [6, 6.07) is 14.7. The average molecular weight is 467 g/mol. The number of furan rings is 1. The average Bonchev–Trinajstić information content (AvgIpc) is 3.38. The van der Waals surface area contributed by atoms with E-state index in [0.29, 0.717) is 0 Å². The van der Waals surface area contributed by atoms with Crippen LogP contribution in [-0.2, 0) is 20.7 Å². The van der Waals surface area contributed by atoms with Gasteiger partial charge in [0, 0.05) is 6.42 Å². The summed E-state index contributed by atoms with van der Waals surface area (Å²) in [4.78, 5) is 48.0. The highest BCUT2D eigenvalue weighted by Gasteiger charge is 2.25. The fraction of sp³-hybridized carbons (Fsp3) is 0.174. The second-order valence-corrected chi connectivity index (χ2v) is 6.99. The number of hydrogen-bond donors (Lipinski definition) is 2. The van der Waals surface area contributed by atoms with Crippen molar-refractivity contribution in [2.45, 2.75) is 12.5 Å². The molecule has 3 aromatic rings. The number of ether oxygens (including phenoxy) is 2. The molecule has 0 bridgehead atoms. The zero-order valence-corrected chi connectivity index (χ0v) is 18.1. The van der Waals surface area contributed by atoms with Gasteiger partial charge in [-0.3, -0.25) is 19.7 Å². The van der Waals surface area contributed by atoms with Crippen LogP contribution in [-0.4, -0.2) is 42.5 Å². The van der Waals surface area contributed by atoms with Gasteiger partial charge in [-0.05, 0) is 29.8 Å². The number of anilines is 1. The number of nitro benzene ring substituents is 1. The first-order chi connectivity index (χ1) is 16.4. The standard InChI is InChI=1S/C23H21N3O8/c1-32-16-9-10-17(19(13-16)26(30)31)24-21(27)14-34-23(29)18(12-15-6-3-2-4-7-15)25-22(28)20-8-5-11-33-20/h2-11,13,18H,12,14H2,1H3,(H,24,27)(H,25,28)/t18-/m0/s1. The van der Waals surface area contributed by atoms with Crippen molar-refractivity contribution < 1.29 is 33.2 Å². The van der Waals surface area contributed by atoms with Gasteiger partial charge in [0.25, 0.3) is 17.5 Å². The largest absolute Gasteiger partial charge is 0.496 e. The molecule has 0 saturated carbocycles. The monoisotopic (exact) mass is 467 g/mol. The Kier molecular flexibility index (Phi) is 7.95. The molecule has 0 spiro atoms. The third-order valence-electron chi connectivity index (χ3n) is 4.64. The van der Waals surface area contributed by atoms with Crippen molar-refractivity contribution in [1.29, 1.82) is 0 Å². The van der Waals surface area contributed by atoms with E-state index >= 15 is 0 Å². The summed E-state index contributed by atoms with van der Waals surface area (Å²) >= 11 is 0. The van der Waals surface area contributed by atoms with Gasteiger partial charge in [0.1, 0.15) is 17.5 Å². The molecule has 176 valence electrons. The number of esters is 1. The number of amides is 2. The number of carbonyl (C=O) groups is 3. The molecule has 2 aromatic carbocycles. The summed E-state index contributed by atoms with van der Waals surface area (Å²) in [6.07, 6.45) is 1.43. The number of nitro groups is 1. The molecule has 0 unspecified atom stereocenters. The Morgan fingerprint density at radius 3 is 2.50 bits per heavy atom. The van der Waals surface area contributed by atoms with Crippen molar-refractivity contribution in [1.82, 2.24) is 5.32 Å². The van der Waals surface area contributed by atoms with Crippen molar-refractivity contribution in [3.63, 3.8) is 0 Å². The van der Waals surface area contributed by atoms with Crippen molar-refractivity contribution >= 4 is 29.2 Å². The molecule has 1 aromatic heterocycles. The van der Waals surface area contributed by atoms with Gasteiger partial charge in [0.05, 0.1) is 24.4 Å². The van der Waals surface area contributed by atoms with Crippen molar-refractivity contribution in [3.05, 3.63) is 88.4 Å². The van der Waals surface area contributed by atoms with Crippen LogP contribution >= 0.6 is 0 Å². The van der Waals surface area contributed by atoms with Gasteiger partial charge in [-0.2, -0.15) is 0 Å². The molecule has 2 N–H and O–H groups in total. The number of rotatable bonds is 10. The van der Waals surface area contributed by atoms with Crippen LogP contribution in [0, 0.1) is 10.1 Å². The van der Waals surface area contributed by atoms with Gasteiger partial charge in [-0.15, -0.1) is 0 Å². The molecule has 1 atom stereocenters. The minimum absolute atomic E-state index is 0.00965. The van der Waals surface area contributed by atoms with E-state index < -0.39 is 35.4 Å². The topological polar surface area (TPSA) is 150 Å². The van der Waals surface area contributed by atoms with Crippen LogP contribution in [0.25, 0.3) is 0 Å². The molecule has 0 aliphatic rings. The summed E-state index contributed by atoms with van der Waals surface area (Å²) < 4.78 is 15.1. The molecule has 0 radical (unpaired) electrons. The lowest BCUT2D eigenvalue weighted by molar-refractivity contribution is -0.384. The summed E-state index contributed by atoms with van der Waals surface area (Å²) in [7, 11) is 1.35. The lowest BCUT2D eigenvalue weighted by atomic mass is 10.1. The predicted molar refractivity (Wildman–Crippen MR) is 119 cm³/mol. The van der Waals surface area contributed by atoms with Crippen LogP contribution in [0.3, 0.4) is 0 Å². The Hall–Kier alpha value is -4.67. The fourth-order valence-electron chi connectivity index (χ4n) is 3.00. The zero-order valence-electron chi connectivity index (χ0n) is 18.1. The van der Waals surface area contributed by atoms with Gasteiger partial charge >= 0.3 is 5.97 Å². The van der Waals surface area contributed by atoms with E-state index in [2.05, 4.69) is 10.6 Å². The first kappa shape index (κ1) is 24.0. The molecule has 0 fully saturated rings. The van der Waals surface area contributed by atoms with Crippen molar-refractivity contribution in [2.75, 3.05) is 19.0 Å². The Morgan fingerprint density at radius 2 is 1.85 bits per heavy atom. The number of benzene rings is 2. The molecule has 0 saturated heterocycles. The van der Waals surface area contributed by atoms with Crippen molar-refractivity contribution in [3.8, 4) is 5.75 Å². The maximum absolute atomic E-state index is 12.7. The Morgan fingerprint density at radius 1 is 1.09 bits per heavy atom. The van der Waals surface area contributed by atoms with E-state index in [1.807, 2.05) is 0 Å². The summed E-state index contributed by atoms with van der Waals surface area (Å²) in [5, 5.41) is 16.1. The van der Waals surface area contributed by atoms with Gasteiger partial charge in [0.15, 0.2) is 12.4 Å². The third kappa shape index (κ3) is 6.42. The van der Waals surface area contributed by atoms with E-state index in [9.17, 15) is 24.5 Å². The summed E-state index contributed by atoms with van der Waals surface area (Å²) in [5.41, 5.74) is 0.285. The van der Waals surface area contributed by atoms with Crippen LogP contribution in [0.4, 0.5) is 11.4 Å². The van der Waals surface area contributed by atoms with Crippen LogP contribution in [0.5, 0.6) is 5.75 Å².